The van der Waals surface area contributed by atoms with Crippen molar-refractivity contribution >= 4 is 6.41 Å². The topological polar surface area (TPSA) is 20.3 Å². The van der Waals surface area contributed by atoms with Crippen molar-refractivity contribution in [3.05, 3.63) is 0 Å². The van der Waals surface area contributed by atoms with Crippen molar-refractivity contribution in [3.63, 3.8) is 0 Å². The van der Waals surface area contributed by atoms with Gasteiger partial charge < -0.3 is 4.90 Å². The summed E-state index contributed by atoms with van der Waals surface area (Å²) < 4.78 is 0. The second-order valence-electron chi connectivity index (χ2n) is 4.38. The summed E-state index contributed by atoms with van der Waals surface area (Å²) in [5.74, 6) is 0. The van der Waals surface area contributed by atoms with E-state index >= 15 is 0 Å². The SMILES string of the molecule is O=[C]N(C1CCCC1)C1CCCC1. The van der Waals surface area contributed by atoms with E-state index in [4.69, 9.17) is 0 Å². The van der Waals surface area contributed by atoms with Crippen LogP contribution in [0.25, 0.3) is 0 Å². The molecule has 0 N–H and O–H groups in total. The van der Waals surface area contributed by atoms with E-state index in [1.807, 2.05) is 4.90 Å². The molecule has 2 nitrogen and oxygen atoms in total. The van der Waals surface area contributed by atoms with Crippen molar-refractivity contribution < 1.29 is 4.79 Å². The minimum Gasteiger partial charge on any atom is -0.328 e. The molecule has 1 amide bonds. The molecule has 0 saturated heterocycles. The molecular weight excluding hydrogens is 162 g/mol. The fourth-order valence-corrected chi connectivity index (χ4v) is 2.81. The molecule has 0 heterocycles. The van der Waals surface area contributed by atoms with Crippen LogP contribution >= 0.6 is 0 Å². The maximum absolute atomic E-state index is 10.9. The van der Waals surface area contributed by atoms with Gasteiger partial charge in [0.1, 0.15) is 0 Å². The molecule has 0 aromatic rings. The minimum absolute atomic E-state index is 0.528. The van der Waals surface area contributed by atoms with E-state index < -0.39 is 0 Å². The van der Waals surface area contributed by atoms with E-state index in [1.165, 1.54) is 51.4 Å². The van der Waals surface area contributed by atoms with Crippen LogP contribution in [-0.2, 0) is 4.79 Å². The lowest BCUT2D eigenvalue weighted by molar-refractivity contribution is 0.228. The predicted octanol–water partition coefficient (Wildman–Crippen LogP) is 2.24. The van der Waals surface area contributed by atoms with Crippen molar-refractivity contribution in [2.75, 3.05) is 0 Å². The van der Waals surface area contributed by atoms with Gasteiger partial charge in [0.15, 0.2) is 0 Å². The van der Waals surface area contributed by atoms with Gasteiger partial charge in [0.05, 0.1) is 0 Å². The van der Waals surface area contributed by atoms with Crippen molar-refractivity contribution in [3.8, 4) is 0 Å². The molecule has 2 rings (SSSR count). The molecule has 0 aromatic carbocycles. The third-order valence-corrected chi connectivity index (χ3v) is 3.54. The quantitative estimate of drug-likeness (QED) is 0.610. The second-order valence-corrected chi connectivity index (χ2v) is 4.38. The lowest BCUT2D eigenvalue weighted by Gasteiger charge is -2.29. The third-order valence-electron chi connectivity index (χ3n) is 3.54. The predicted molar refractivity (Wildman–Crippen MR) is 52.0 cm³/mol. The second kappa shape index (κ2) is 4.12. The molecule has 0 spiro atoms. The molecule has 73 valence electrons. The van der Waals surface area contributed by atoms with Crippen LogP contribution in [0.2, 0.25) is 0 Å². The van der Waals surface area contributed by atoms with Crippen molar-refractivity contribution in [2.45, 2.75) is 63.5 Å². The molecule has 0 unspecified atom stereocenters. The summed E-state index contributed by atoms with van der Waals surface area (Å²) >= 11 is 0. The summed E-state index contributed by atoms with van der Waals surface area (Å²) in [6, 6.07) is 1.06. The highest BCUT2D eigenvalue weighted by Gasteiger charge is 2.29. The van der Waals surface area contributed by atoms with Gasteiger partial charge in [-0.1, -0.05) is 25.7 Å². The largest absolute Gasteiger partial charge is 0.328 e. The minimum atomic E-state index is 0.528. The average molecular weight is 180 g/mol. The first-order valence-electron chi connectivity index (χ1n) is 5.58. The third kappa shape index (κ3) is 1.87. The fourth-order valence-electron chi connectivity index (χ4n) is 2.81. The lowest BCUT2D eigenvalue weighted by Crippen LogP contribution is -2.39. The number of rotatable bonds is 3. The van der Waals surface area contributed by atoms with Gasteiger partial charge in [0.25, 0.3) is 0 Å². The highest BCUT2D eigenvalue weighted by atomic mass is 16.1. The number of amides is 1. The van der Waals surface area contributed by atoms with E-state index in [-0.39, 0.29) is 0 Å². The summed E-state index contributed by atoms with van der Waals surface area (Å²) in [6.07, 6.45) is 12.2. The fraction of sp³-hybridized carbons (Fsp3) is 0.909. The average Bonchev–Trinajstić information content (AvgIpc) is 2.76. The van der Waals surface area contributed by atoms with Crippen LogP contribution in [-0.4, -0.2) is 23.4 Å². The molecule has 1 radical (unpaired) electrons. The van der Waals surface area contributed by atoms with Gasteiger partial charge in [0, 0.05) is 12.1 Å². The standard InChI is InChI=1S/C11H18NO/c13-9-12(10-5-1-2-6-10)11-7-3-4-8-11/h10-11H,1-8H2. The summed E-state index contributed by atoms with van der Waals surface area (Å²) in [7, 11) is 0. The first-order valence-corrected chi connectivity index (χ1v) is 5.58. The van der Waals surface area contributed by atoms with Crippen LogP contribution < -0.4 is 0 Å². The zero-order valence-corrected chi connectivity index (χ0v) is 8.17. The van der Waals surface area contributed by atoms with Gasteiger partial charge in [-0.2, -0.15) is 0 Å². The summed E-state index contributed by atoms with van der Waals surface area (Å²) in [6.45, 7) is 0. The number of hydrogen-bond acceptors (Lipinski definition) is 1. The smallest absolute Gasteiger partial charge is 0.312 e. The first-order chi connectivity index (χ1) is 6.42. The Balaban J connectivity index is 1.94. The van der Waals surface area contributed by atoms with Crippen LogP contribution in [0, 0.1) is 0 Å². The molecule has 0 aromatic heterocycles. The summed E-state index contributed by atoms with van der Waals surface area (Å²) in [5, 5.41) is 0. The Hall–Kier alpha value is -0.530. The van der Waals surface area contributed by atoms with Crippen LogP contribution in [0.1, 0.15) is 51.4 Å². The Morgan fingerprint density at radius 1 is 0.846 bits per heavy atom. The Morgan fingerprint density at radius 3 is 1.54 bits per heavy atom. The number of nitrogens with zero attached hydrogens (tertiary/aromatic N) is 1. The molecule has 0 aliphatic heterocycles. The molecule has 0 bridgehead atoms. The Bertz CT molecular complexity index is 153. The Kier molecular flexibility index (Phi) is 2.87. The van der Waals surface area contributed by atoms with Crippen LogP contribution in [0.15, 0.2) is 0 Å². The van der Waals surface area contributed by atoms with E-state index in [9.17, 15) is 4.79 Å². The molecule has 13 heavy (non-hydrogen) atoms. The van der Waals surface area contributed by atoms with Gasteiger partial charge in [-0.25, -0.2) is 0 Å². The maximum atomic E-state index is 10.9. The number of carbonyl (C=O) groups excluding carboxylic acids is 1. The summed E-state index contributed by atoms with van der Waals surface area (Å²) in [5.41, 5.74) is 0. The summed E-state index contributed by atoms with van der Waals surface area (Å²) in [4.78, 5) is 12.9. The van der Waals surface area contributed by atoms with Crippen LogP contribution in [0.5, 0.6) is 0 Å². The van der Waals surface area contributed by atoms with Crippen molar-refractivity contribution in [2.24, 2.45) is 0 Å². The van der Waals surface area contributed by atoms with Gasteiger partial charge in [-0.05, 0) is 25.7 Å². The molecule has 2 fully saturated rings. The number of hydrogen-bond donors (Lipinski definition) is 0. The van der Waals surface area contributed by atoms with Crippen LogP contribution in [0.4, 0.5) is 0 Å². The molecule has 2 aliphatic carbocycles. The van der Waals surface area contributed by atoms with E-state index in [1.54, 1.807) is 0 Å². The molecule has 0 atom stereocenters. The van der Waals surface area contributed by atoms with Gasteiger partial charge in [-0.15, -0.1) is 0 Å². The van der Waals surface area contributed by atoms with E-state index in [0.29, 0.717) is 12.1 Å². The highest BCUT2D eigenvalue weighted by molar-refractivity contribution is 5.49. The zero-order chi connectivity index (χ0) is 9.10. The lowest BCUT2D eigenvalue weighted by atomic mass is 10.1. The monoisotopic (exact) mass is 180 g/mol. The van der Waals surface area contributed by atoms with E-state index in [2.05, 4.69) is 6.41 Å². The first kappa shape index (κ1) is 9.04. The molecule has 2 saturated carbocycles. The van der Waals surface area contributed by atoms with Crippen molar-refractivity contribution in [1.29, 1.82) is 0 Å². The maximum Gasteiger partial charge on any atom is 0.312 e. The molecule has 2 heteroatoms. The van der Waals surface area contributed by atoms with Crippen LogP contribution in [0.3, 0.4) is 0 Å². The van der Waals surface area contributed by atoms with Gasteiger partial charge in [0.2, 0.25) is 0 Å². The van der Waals surface area contributed by atoms with Crippen molar-refractivity contribution in [1.82, 2.24) is 4.90 Å². The van der Waals surface area contributed by atoms with Gasteiger partial charge in [-0.3, -0.25) is 4.79 Å². The van der Waals surface area contributed by atoms with Gasteiger partial charge >= 0.3 is 6.41 Å². The Morgan fingerprint density at radius 2 is 1.23 bits per heavy atom. The Labute approximate surface area is 80.3 Å². The molecular formula is C11H18NO. The molecule has 2 aliphatic rings. The normalized spacial score (nSPS) is 25.2. The zero-order valence-electron chi connectivity index (χ0n) is 8.17. The highest BCUT2D eigenvalue weighted by Crippen LogP contribution is 2.30. The van der Waals surface area contributed by atoms with E-state index in [0.717, 1.165) is 0 Å².